The maximum Gasteiger partial charge on any atom is 0.183 e. The first-order valence-corrected chi connectivity index (χ1v) is 6.78. The van der Waals surface area contributed by atoms with Gasteiger partial charge in [0.25, 0.3) is 0 Å². The molecule has 2 heteroatoms. The highest BCUT2D eigenvalue weighted by atomic mass is 16.7. The summed E-state index contributed by atoms with van der Waals surface area (Å²) in [5.74, 6) is 1.03. The Morgan fingerprint density at radius 1 is 0.833 bits per heavy atom. The summed E-state index contributed by atoms with van der Waals surface area (Å²) in [6.45, 7) is 12.1. The minimum absolute atomic E-state index is 0.240. The predicted octanol–water partition coefficient (Wildman–Crippen LogP) is 4.34. The third-order valence-corrected chi connectivity index (χ3v) is 2.51. The van der Waals surface area contributed by atoms with Crippen molar-refractivity contribution in [3.05, 3.63) is 35.4 Å². The van der Waals surface area contributed by atoms with Crippen LogP contribution in [-0.4, -0.2) is 13.2 Å². The third-order valence-electron chi connectivity index (χ3n) is 2.51. The Morgan fingerprint density at radius 3 is 1.67 bits per heavy atom. The molecule has 1 aromatic rings. The Bertz CT molecular complexity index is 315. The maximum absolute atomic E-state index is 5.86. The second-order valence-corrected chi connectivity index (χ2v) is 5.70. The fourth-order valence-electron chi connectivity index (χ4n) is 1.52. The van der Waals surface area contributed by atoms with Crippen molar-refractivity contribution in [2.75, 3.05) is 13.2 Å². The van der Waals surface area contributed by atoms with Crippen molar-refractivity contribution in [1.29, 1.82) is 0 Å². The van der Waals surface area contributed by atoms with Crippen LogP contribution in [0.25, 0.3) is 0 Å². The van der Waals surface area contributed by atoms with Gasteiger partial charge < -0.3 is 9.47 Å². The molecule has 0 atom stereocenters. The van der Waals surface area contributed by atoms with E-state index in [9.17, 15) is 0 Å². The number of hydrogen-bond donors (Lipinski definition) is 0. The molecule has 0 bridgehead atoms. The number of ether oxygens (including phenoxy) is 2. The van der Waals surface area contributed by atoms with Crippen molar-refractivity contribution in [3.8, 4) is 0 Å². The average Bonchev–Trinajstić information content (AvgIpc) is 2.30. The molecule has 0 saturated heterocycles. The second kappa shape index (κ2) is 7.55. The third kappa shape index (κ3) is 5.65. The standard InChI is InChI=1S/C16H26O2/c1-12(2)10-17-16(18-11-13(3)4)15-8-6-14(5)7-9-15/h6-9,12-13,16H,10-11H2,1-5H3. The molecule has 0 saturated carbocycles. The molecular formula is C16H26O2. The van der Waals surface area contributed by atoms with Crippen molar-refractivity contribution < 1.29 is 9.47 Å². The number of benzene rings is 1. The predicted molar refractivity (Wildman–Crippen MR) is 75.5 cm³/mol. The van der Waals surface area contributed by atoms with Crippen molar-refractivity contribution >= 4 is 0 Å². The molecule has 0 fully saturated rings. The van der Waals surface area contributed by atoms with Crippen LogP contribution in [0.1, 0.15) is 45.1 Å². The van der Waals surface area contributed by atoms with Crippen LogP contribution >= 0.6 is 0 Å². The van der Waals surface area contributed by atoms with Gasteiger partial charge in [-0.15, -0.1) is 0 Å². The summed E-state index contributed by atoms with van der Waals surface area (Å²) >= 11 is 0. The lowest BCUT2D eigenvalue weighted by atomic mass is 10.1. The van der Waals surface area contributed by atoms with Gasteiger partial charge in [0, 0.05) is 5.56 Å². The zero-order valence-corrected chi connectivity index (χ0v) is 12.3. The minimum Gasteiger partial charge on any atom is -0.348 e. The highest BCUT2D eigenvalue weighted by molar-refractivity contribution is 5.22. The lowest BCUT2D eigenvalue weighted by Gasteiger charge is -2.21. The van der Waals surface area contributed by atoms with Crippen molar-refractivity contribution in [2.24, 2.45) is 11.8 Å². The van der Waals surface area contributed by atoms with Crippen LogP contribution in [-0.2, 0) is 9.47 Å². The van der Waals surface area contributed by atoms with E-state index in [4.69, 9.17) is 9.47 Å². The molecule has 2 nitrogen and oxygen atoms in total. The van der Waals surface area contributed by atoms with Crippen LogP contribution in [0.4, 0.5) is 0 Å². The number of aryl methyl sites for hydroxylation is 1. The molecule has 1 rings (SSSR count). The monoisotopic (exact) mass is 250 g/mol. The Morgan fingerprint density at radius 2 is 1.28 bits per heavy atom. The van der Waals surface area contributed by atoms with Gasteiger partial charge in [0.05, 0.1) is 13.2 Å². The number of hydrogen-bond acceptors (Lipinski definition) is 2. The van der Waals surface area contributed by atoms with Gasteiger partial charge in [-0.3, -0.25) is 0 Å². The van der Waals surface area contributed by atoms with Gasteiger partial charge in [-0.2, -0.15) is 0 Å². The van der Waals surface area contributed by atoms with Crippen LogP contribution in [0.2, 0.25) is 0 Å². The Hall–Kier alpha value is -0.860. The van der Waals surface area contributed by atoms with Crippen LogP contribution < -0.4 is 0 Å². The van der Waals surface area contributed by atoms with E-state index in [1.54, 1.807) is 0 Å². The SMILES string of the molecule is Cc1ccc(C(OCC(C)C)OCC(C)C)cc1. The summed E-state index contributed by atoms with van der Waals surface area (Å²) in [7, 11) is 0. The second-order valence-electron chi connectivity index (χ2n) is 5.70. The Kier molecular flexibility index (Phi) is 6.37. The smallest absolute Gasteiger partial charge is 0.183 e. The first-order chi connectivity index (χ1) is 8.49. The average molecular weight is 250 g/mol. The van der Waals surface area contributed by atoms with Crippen LogP contribution in [0.3, 0.4) is 0 Å². The van der Waals surface area contributed by atoms with Gasteiger partial charge in [-0.1, -0.05) is 57.5 Å². The zero-order chi connectivity index (χ0) is 13.5. The van der Waals surface area contributed by atoms with E-state index in [2.05, 4.69) is 58.9 Å². The normalized spacial score (nSPS) is 11.8. The van der Waals surface area contributed by atoms with Gasteiger partial charge in [0.2, 0.25) is 0 Å². The molecular weight excluding hydrogens is 224 g/mol. The lowest BCUT2D eigenvalue weighted by Crippen LogP contribution is -2.15. The molecule has 0 N–H and O–H groups in total. The van der Waals surface area contributed by atoms with E-state index >= 15 is 0 Å². The number of rotatable bonds is 7. The quantitative estimate of drug-likeness (QED) is 0.670. The topological polar surface area (TPSA) is 18.5 Å². The fourth-order valence-corrected chi connectivity index (χ4v) is 1.52. The molecule has 18 heavy (non-hydrogen) atoms. The van der Waals surface area contributed by atoms with E-state index in [0.717, 1.165) is 18.8 Å². The van der Waals surface area contributed by atoms with Gasteiger partial charge in [-0.05, 0) is 18.8 Å². The molecule has 0 amide bonds. The van der Waals surface area contributed by atoms with Crippen LogP contribution in [0.5, 0.6) is 0 Å². The van der Waals surface area contributed by atoms with Gasteiger partial charge in [0.15, 0.2) is 6.29 Å². The molecule has 0 unspecified atom stereocenters. The molecule has 0 spiro atoms. The Labute approximate surface area is 111 Å². The zero-order valence-electron chi connectivity index (χ0n) is 12.3. The molecule has 0 radical (unpaired) electrons. The van der Waals surface area contributed by atoms with E-state index in [-0.39, 0.29) is 6.29 Å². The van der Waals surface area contributed by atoms with Crippen LogP contribution in [0, 0.1) is 18.8 Å². The largest absolute Gasteiger partial charge is 0.348 e. The molecule has 0 aromatic heterocycles. The van der Waals surface area contributed by atoms with Crippen molar-refractivity contribution in [3.63, 3.8) is 0 Å². The van der Waals surface area contributed by atoms with Crippen LogP contribution in [0.15, 0.2) is 24.3 Å². The van der Waals surface area contributed by atoms with Crippen molar-refractivity contribution in [1.82, 2.24) is 0 Å². The fraction of sp³-hybridized carbons (Fsp3) is 0.625. The van der Waals surface area contributed by atoms with Gasteiger partial charge in [0.1, 0.15) is 0 Å². The summed E-state index contributed by atoms with van der Waals surface area (Å²) in [5, 5.41) is 0. The van der Waals surface area contributed by atoms with Crippen molar-refractivity contribution in [2.45, 2.75) is 40.9 Å². The molecule has 102 valence electrons. The van der Waals surface area contributed by atoms with E-state index in [0.29, 0.717) is 11.8 Å². The Balaban J connectivity index is 2.66. The van der Waals surface area contributed by atoms with E-state index < -0.39 is 0 Å². The molecule has 0 aliphatic heterocycles. The highest BCUT2D eigenvalue weighted by Crippen LogP contribution is 2.21. The minimum atomic E-state index is -0.240. The summed E-state index contributed by atoms with van der Waals surface area (Å²) in [4.78, 5) is 0. The molecule has 0 aliphatic rings. The summed E-state index contributed by atoms with van der Waals surface area (Å²) in [6, 6.07) is 8.36. The summed E-state index contributed by atoms with van der Waals surface area (Å²) in [6.07, 6.45) is -0.240. The lowest BCUT2D eigenvalue weighted by molar-refractivity contribution is -0.158. The summed E-state index contributed by atoms with van der Waals surface area (Å²) < 4.78 is 11.7. The van der Waals surface area contributed by atoms with Gasteiger partial charge in [-0.25, -0.2) is 0 Å². The first-order valence-electron chi connectivity index (χ1n) is 6.78. The molecule has 1 aromatic carbocycles. The maximum atomic E-state index is 5.86. The first kappa shape index (κ1) is 15.2. The van der Waals surface area contributed by atoms with Gasteiger partial charge >= 0.3 is 0 Å². The summed E-state index contributed by atoms with van der Waals surface area (Å²) in [5.41, 5.74) is 2.35. The van der Waals surface area contributed by atoms with E-state index in [1.165, 1.54) is 5.56 Å². The van der Waals surface area contributed by atoms with E-state index in [1.807, 2.05) is 0 Å². The molecule has 0 heterocycles. The highest BCUT2D eigenvalue weighted by Gasteiger charge is 2.13. The molecule has 0 aliphatic carbocycles.